The van der Waals surface area contributed by atoms with E-state index in [4.69, 9.17) is 22.1 Å². The smallest absolute Gasteiger partial charge is 0.248 e. The number of carbonyl (C=O) groups excluding carboxylic acids is 1. The lowest BCUT2D eigenvalue weighted by Gasteiger charge is -2.09. The van der Waals surface area contributed by atoms with Crippen LogP contribution in [0.3, 0.4) is 0 Å². The zero-order valence-electron chi connectivity index (χ0n) is 10.9. The van der Waals surface area contributed by atoms with E-state index in [1.165, 1.54) is 0 Å². The number of hydrogen-bond donors (Lipinski definition) is 1. The molecule has 0 saturated heterocycles. The van der Waals surface area contributed by atoms with Crippen LogP contribution in [0.1, 0.15) is 10.4 Å². The summed E-state index contributed by atoms with van der Waals surface area (Å²) in [6.45, 7) is 0. The van der Waals surface area contributed by atoms with Crippen LogP contribution in [-0.2, 0) is 0 Å². The van der Waals surface area contributed by atoms with Crippen molar-refractivity contribution in [2.75, 3.05) is 0 Å². The SMILES string of the molecule is NC(=O)c1cccc(Oc2cc3ccccc3nc2Cl)c1. The van der Waals surface area contributed by atoms with E-state index in [1.807, 2.05) is 30.3 Å². The summed E-state index contributed by atoms with van der Waals surface area (Å²) in [5.74, 6) is 0.394. The third kappa shape index (κ3) is 2.80. The van der Waals surface area contributed by atoms with E-state index in [1.54, 1.807) is 24.3 Å². The average molecular weight is 299 g/mol. The molecule has 3 aromatic rings. The Kier molecular flexibility index (Phi) is 3.46. The van der Waals surface area contributed by atoms with Crippen LogP contribution < -0.4 is 10.5 Å². The van der Waals surface area contributed by atoms with Gasteiger partial charge in [-0.05, 0) is 30.3 Å². The van der Waals surface area contributed by atoms with Crippen LogP contribution in [0, 0.1) is 0 Å². The van der Waals surface area contributed by atoms with Crippen molar-refractivity contribution in [3.63, 3.8) is 0 Å². The number of hydrogen-bond acceptors (Lipinski definition) is 3. The van der Waals surface area contributed by atoms with Gasteiger partial charge in [-0.1, -0.05) is 35.9 Å². The Morgan fingerprint density at radius 1 is 1.10 bits per heavy atom. The molecule has 2 N–H and O–H groups in total. The predicted octanol–water partition coefficient (Wildman–Crippen LogP) is 3.78. The van der Waals surface area contributed by atoms with Gasteiger partial charge in [0.15, 0.2) is 10.9 Å². The highest BCUT2D eigenvalue weighted by atomic mass is 35.5. The molecule has 1 heterocycles. The van der Waals surface area contributed by atoms with Gasteiger partial charge in [-0.3, -0.25) is 4.79 Å². The first-order chi connectivity index (χ1) is 10.1. The number of halogens is 1. The summed E-state index contributed by atoms with van der Waals surface area (Å²) in [5.41, 5.74) is 6.41. The predicted molar refractivity (Wildman–Crippen MR) is 81.8 cm³/mol. The normalized spacial score (nSPS) is 10.5. The summed E-state index contributed by atoms with van der Waals surface area (Å²) < 4.78 is 5.71. The molecule has 0 aliphatic heterocycles. The maximum Gasteiger partial charge on any atom is 0.248 e. The van der Waals surface area contributed by atoms with Gasteiger partial charge in [-0.25, -0.2) is 4.98 Å². The van der Waals surface area contributed by atoms with Crippen LogP contribution in [-0.4, -0.2) is 10.9 Å². The molecule has 0 saturated carbocycles. The second kappa shape index (κ2) is 5.42. The first-order valence-electron chi connectivity index (χ1n) is 6.26. The Morgan fingerprint density at radius 3 is 2.71 bits per heavy atom. The number of primary amides is 1. The van der Waals surface area contributed by atoms with Crippen LogP contribution in [0.25, 0.3) is 10.9 Å². The number of pyridine rings is 1. The lowest BCUT2D eigenvalue weighted by Crippen LogP contribution is -2.10. The fourth-order valence-corrected chi connectivity index (χ4v) is 2.17. The standard InChI is InChI=1S/C16H11ClN2O2/c17-15-14(9-10-4-1-2-7-13(10)19-15)21-12-6-3-5-11(8-12)16(18)20/h1-9H,(H2,18,20). The minimum absolute atomic E-state index is 0.262. The van der Waals surface area contributed by atoms with Crippen molar-refractivity contribution in [1.82, 2.24) is 4.98 Å². The molecule has 0 unspecified atom stereocenters. The molecule has 1 amide bonds. The molecule has 1 aromatic heterocycles. The number of rotatable bonds is 3. The van der Waals surface area contributed by atoms with Crippen molar-refractivity contribution in [1.29, 1.82) is 0 Å². The maximum atomic E-state index is 11.2. The van der Waals surface area contributed by atoms with E-state index < -0.39 is 5.91 Å². The fourth-order valence-electron chi connectivity index (χ4n) is 1.98. The summed E-state index contributed by atoms with van der Waals surface area (Å²) in [6.07, 6.45) is 0. The number of carbonyl (C=O) groups is 1. The fraction of sp³-hybridized carbons (Fsp3) is 0. The second-order valence-corrected chi connectivity index (χ2v) is 4.82. The Hall–Kier alpha value is -2.59. The Balaban J connectivity index is 1.99. The van der Waals surface area contributed by atoms with Gasteiger partial charge < -0.3 is 10.5 Å². The summed E-state index contributed by atoms with van der Waals surface area (Å²) >= 11 is 6.13. The third-order valence-electron chi connectivity index (χ3n) is 2.99. The monoisotopic (exact) mass is 298 g/mol. The molecule has 0 atom stereocenters. The molecule has 0 bridgehead atoms. The lowest BCUT2D eigenvalue weighted by atomic mass is 10.2. The third-order valence-corrected chi connectivity index (χ3v) is 3.26. The minimum Gasteiger partial charge on any atom is -0.454 e. The molecular formula is C16H11ClN2O2. The van der Waals surface area contributed by atoms with E-state index in [0.29, 0.717) is 17.1 Å². The van der Waals surface area contributed by atoms with E-state index in [9.17, 15) is 4.79 Å². The van der Waals surface area contributed by atoms with Gasteiger partial charge in [0.1, 0.15) is 5.75 Å². The number of fused-ring (bicyclic) bond motifs is 1. The number of aromatic nitrogens is 1. The summed E-state index contributed by atoms with van der Waals surface area (Å²) in [4.78, 5) is 15.5. The van der Waals surface area contributed by atoms with E-state index in [2.05, 4.69) is 4.98 Å². The molecule has 4 nitrogen and oxygen atoms in total. The molecule has 21 heavy (non-hydrogen) atoms. The molecule has 0 spiro atoms. The number of para-hydroxylation sites is 1. The van der Waals surface area contributed by atoms with Crippen LogP contribution in [0.15, 0.2) is 54.6 Å². The number of amides is 1. The molecular weight excluding hydrogens is 288 g/mol. The highest BCUT2D eigenvalue weighted by Gasteiger charge is 2.08. The lowest BCUT2D eigenvalue weighted by molar-refractivity contribution is 0.1000. The maximum absolute atomic E-state index is 11.2. The van der Waals surface area contributed by atoms with Crippen molar-refractivity contribution < 1.29 is 9.53 Å². The summed E-state index contributed by atoms with van der Waals surface area (Å²) in [7, 11) is 0. The van der Waals surface area contributed by atoms with Crippen molar-refractivity contribution in [2.45, 2.75) is 0 Å². The molecule has 3 rings (SSSR count). The highest BCUT2D eigenvalue weighted by Crippen LogP contribution is 2.31. The summed E-state index contributed by atoms with van der Waals surface area (Å²) in [5, 5.41) is 1.18. The summed E-state index contributed by atoms with van der Waals surface area (Å²) in [6, 6.07) is 16.0. The molecule has 0 radical (unpaired) electrons. The molecule has 0 aliphatic carbocycles. The topological polar surface area (TPSA) is 65.2 Å². The molecule has 2 aromatic carbocycles. The molecule has 5 heteroatoms. The number of nitrogens with two attached hydrogens (primary N) is 1. The van der Waals surface area contributed by atoms with E-state index >= 15 is 0 Å². The number of nitrogens with zero attached hydrogens (tertiary/aromatic N) is 1. The Labute approximate surface area is 126 Å². The van der Waals surface area contributed by atoms with Gasteiger partial charge in [0.25, 0.3) is 0 Å². The van der Waals surface area contributed by atoms with Gasteiger partial charge in [-0.2, -0.15) is 0 Å². The Bertz CT molecular complexity index is 833. The van der Waals surface area contributed by atoms with Crippen LogP contribution in [0.4, 0.5) is 0 Å². The zero-order chi connectivity index (χ0) is 14.8. The van der Waals surface area contributed by atoms with Gasteiger partial charge in [0, 0.05) is 10.9 Å². The van der Waals surface area contributed by atoms with E-state index in [-0.39, 0.29) is 5.15 Å². The molecule has 0 fully saturated rings. The van der Waals surface area contributed by atoms with Crippen molar-refractivity contribution >= 4 is 28.4 Å². The van der Waals surface area contributed by atoms with Crippen molar-refractivity contribution in [3.05, 3.63) is 65.3 Å². The Morgan fingerprint density at radius 2 is 1.90 bits per heavy atom. The second-order valence-electron chi connectivity index (χ2n) is 4.46. The quantitative estimate of drug-likeness (QED) is 0.748. The van der Waals surface area contributed by atoms with Crippen molar-refractivity contribution in [3.8, 4) is 11.5 Å². The first-order valence-corrected chi connectivity index (χ1v) is 6.64. The number of ether oxygens (including phenoxy) is 1. The van der Waals surface area contributed by atoms with Crippen LogP contribution >= 0.6 is 11.6 Å². The average Bonchev–Trinajstić information content (AvgIpc) is 2.48. The van der Waals surface area contributed by atoms with Gasteiger partial charge >= 0.3 is 0 Å². The van der Waals surface area contributed by atoms with E-state index in [0.717, 1.165) is 10.9 Å². The van der Waals surface area contributed by atoms with Gasteiger partial charge in [0.2, 0.25) is 5.91 Å². The molecule has 0 aliphatic rings. The van der Waals surface area contributed by atoms with Gasteiger partial charge in [0.05, 0.1) is 5.52 Å². The number of benzene rings is 2. The molecule has 104 valence electrons. The minimum atomic E-state index is -0.511. The largest absolute Gasteiger partial charge is 0.454 e. The first kappa shape index (κ1) is 13.4. The van der Waals surface area contributed by atoms with Crippen LogP contribution in [0.5, 0.6) is 11.5 Å². The zero-order valence-corrected chi connectivity index (χ0v) is 11.7. The van der Waals surface area contributed by atoms with Crippen molar-refractivity contribution in [2.24, 2.45) is 5.73 Å². The van der Waals surface area contributed by atoms with Crippen LogP contribution in [0.2, 0.25) is 5.15 Å². The van der Waals surface area contributed by atoms with Gasteiger partial charge in [-0.15, -0.1) is 0 Å². The highest BCUT2D eigenvalue weighted by molar-refractivity contribution is 6.31.